The average molecular weight is 550 g/mol. The molecule has 0 atom stereocenters. The molecule has 40 heavy (non-hydrogen) atoms. The van der Waals surface area contributed by atoms with E-state index < -0.39 is 11.7 Å². The number of aromatic nitrogens is 4. The van der Waals surface area contributed by atoms with Gasteiger partial charge in [-0.25, -0.2) is 15.0 Å². The summed E-state index contributed by atoms with van der Waals surface area (Å²) in [4.78, 5) is 23.6. The van der Waals surface area contributed by atoms with Gasteiger partial charge in [-0.05, 0) is 61.5 Å². The third-order valence-electron chi connectivity index (χ3n) is 5.56. The van der Waals surface area contributed by atoms with Crippen molar-refractivity contribution in [2.75, 3.05) is 23.4 Å². The third kappa shape index (κ3) is 7.13. The third-order valence-corrected chi connectivity index (χ3v) is 5.56. The number of hydrogen-bond acceptors (Lipinski definition) is 7. The van der Waals surface area contributed by atoms with Crippen LogP contribution in [-0.4, -0.2) is 32.7 Å². The number of nitrogens with one attached hydrogen (secondary N) is 2. The highest BCUT2D eigenvalue weighted by molar-refractivity contribution is 5.76. The fraction of sp³-hybridized carbons (Fsp3) is 0.172. The molecule has 5 rings (SSSR count). The highest BCUT2D eigenvalue weighted by Crippen LogP contribution is 2.32. The van der Waals surface area contributed by atoms with Crippen molar-refractivity contribution in [3.63, 3.8) is 0 Å². The molecule has 0 aliphatic rings. The number of benzene rings is 2. The van der Waals surface area contributed by atoms with Crippen molar-refractivity contribution in [1.29, 1.82) is 0 Å². The van der Waals surface area contributed by atoms with E-state index in [9.17, 15) is 18.0 Å². The molecule has 2 aromatic carbocycles. The first-order valence-electron chi connectivity index (χ1n) is 12.4. The zero-order chi connectivity index (χ0) is 29.3. The topological polar surface area (TPSA) is 110 Å². The van der Waals surface area contributed by atoms with Crippen LogP contribution in [0.1, 0.15) is 35.5 Å². The van der Waals surface area contributed by atoms with E-state index in [4.69, 9.17) is 5.73 Å². The Labute approximate surface area is 230 Å². The Morgan fingerprint density at radius 3 is 2.27 bits per heavy atom. The van der Waals surface area contributed by atoms with Gasteiger partial charge in [0.15, 0.2) is 0 Å². The number of nitrogens with zero attached hydrogens (tertiary/aromatic N) is 4. The number of alkyl halides is 3. The van der Waals surface area contributed by atoms with Crippen LogP contribution in [0.25, 0.3) is 17.0 Å². The average Bonchev–Trinajstić information content (AvgIpc) is 3.30. The minimum Gasteiger partial charge on any atom is -0.397 e. The Balaban J connectivity index is 0.000000339. The van der Waals surface area contributed by atoms with Crippen LogP contribution in [0.5, 0.6) is 0 Å². The monoisotopic (exact) mass is 549 g/mol. The number of aldehydes is 1. The number of halogens is 3. The lowest BCUT2D eigenvalue weighted by atomic mass is 10.2. The van der Waals surface area contributed by atoms with Crippen LogP contribution >= 0.6 is 0 Å². The van der Waals surface area contributed by atoms with Crippen LogP contribution in [0, 0.1) is 6.92 Å². The van der Waals surface area contributed by atoms with Crippen LogP contribution in [0.15, 0.2) is 79.1 Å². The minimum absolute atomic E-state index is 0.185. The maximum Gasteiger partial charge on any atom is 0.416 e. The van der Waals surface area contributed by atoms with E-state index in [1.807, 2.05) is 45.2 Å². The minimum atomic E-state index is -4.44. The molecule has 3 aromatic heterocycles. The van der Waals surface area contributed by atoms with Crippen molar-refractivity contribution in [3.05, 3.63) is 95.9 Å². The summed E-state index contributed by atoms with van der Waals surface area (Å²) in [6.45, 7) is 5.71. The highest BCUT2D eigenvalue weighted by atomic mass is 19.4. The number of nitrogens with two attached hydrogens (primary N) is 1. The zero-order valence-electron chi connectivity index (χ0n) is 22.5. The summed E-state index contributed by atoms with van der Waals surface area (Å²) >= 11 is 0. The van der Waals surface area contributed by atoms with E-state index in [1.165, 1.54) is 6.20 Å². The summed E-state index contributed by atoms with van der Waals surface area (Å²) in [6.07, 6.45) is -0.806. The largest absolute Gasteiger partial charge is 0.416 e. The van der Waals surface area contributed by atoms with Crippen LogP contribution in [-0.2, 0) is 6.18 Å². The second-order valence-electron chi connectivity index (χ2n) is 8.15. The van der Waals surface area contributed by atoms with Gasteiger partial charge in [-0.1, -0.05) is 26.0 Å². The SMILES string of the molecule is CC.CNc1ccccc1N.Cc1nc2cc(C(F)(F)F)ccn2c1-c1ccnc(Nc2ccc(C=O)cc2)n1. The fourth-order valence-corrected chi connectivity index (χ4v) is 3.70. The molecule has 11 heteroatoms. The zero-order valence-corrected chi connectivity index (χ0v) is 22.5. The highest BCUT2D eigenvalue weighted by Gasteiger charge is 2.31. The molecule has 0 saturated heterocycles. The Kier molecular flexibility index (Phi) is 9.80. The van der Waals surface area contributed by atoms with Gasteiger partial charge < -0.3 is 16.4 Å². The van der Waals surface area contributed by atoms with E-state index in [2.05, 4.69) is 25.6 Å². The molecule has 8 nitrogen and oxygen atoms in total. The molecule has 4 N–H and O–H groups in total. The molecule has 0 spiro atoms. The smallest absolute Gasteiger partial charge is 0.397 e. The number of carbonyl (C=O) groups excluding carboxylic acids is 1. The molecule has 0 saturated carbocycles. The van der Waals surface area contributed by atoms with E-state index in [1.54, 1.807) is 47.9 Å². The van der Waals surface area contributed by atoms with Gasteiger partial charge in [0, 0.05) is 30.7 Å². The van der Waals surface area contributed by atoms with Crippen LogP contribution in [0.3, 0.4) is 0 Å². The normalized spacial score (nSPS) is 10.6. The predicted octanol–water partition coefficient (Wildman–Crippen LogP) is 7.01. The van der Waals surface area contributed by atoms with E-state index >= 15 is 0 Å². The molecule has 0 amide bonds. The van der Waals surface area contributed by atoms with Crippen molar-refractivity contribution in [2.24, 2.45) is 0 Å². The fourth-order valence-electron chi connectivity index (χ4n) is 3.70. The van der Waals surface area contributed by atoms with Gasteiger partial charge in [0.2, 0.25) is 5.95 Å². The summed E-state index contributed by atoms with van der Waals surface area (Å²) in [5, 5.41) is 6.01. The Morgan fingerprint density at radius 2 is 1.68 bits per heavy atom. The molecule has 0 fully saturated rings. The second kappa shape index (κ2) is 13.2. The first-order valence-corrected chi connectivity index (χ1v) is 12.4. The van der Waals surface area contributed by atoms with Gasteiger partial charge >= 0.3 is 6.18 Å². The molecule has 0 aliphatic carbocycles. The lowest BCUT2D eigenvalue weighted by Gasteiger charge is -2.09. The predicted molar refractivity (Wildman–Crippen MR) is 153 cm³/mol. The van der Waals surface area contributed by atoms with Crippen LogP contribution in [0.2, 0.25) is 0 Å². The van der Waals surface area contributed by atoms with Crippen molar-refractivity contribution < 1.29 is 18.0 Å². The summed E-state index contributed by atoms with van der Waals surface area (Å²) in [5.74, 6) is 0.308. The van der Waals surface area contributed by atoms with Gasteiger partial charge in [-0.2, -0.15) is 13.2 Å². The van der Waals surface area contributed by atoms with E-state index in [-0.39, 0.29) is 5.65 Å². The lowest BCUT2D eigenvalue weighted by molar-refractivity contribution is -0.137. The maximum atomic E-state index is 13.0. The molecule has 208 valence electrons. The van der Waals surface area contributed by atoms with Gasteiger partial charge in [-0.3, -0.25) is 9.20 Å². The van der Waals surface area contributed by atoms with Crippen molar-refractivity contribution in [1.82, 2.24) is 19.4 Å². The first-order chi connectivity index (χ1) is 19.2. The van der Waals surface area contributed by atoms with Gasteiger partial charge in [0.25, 0.3) is 0 Å². The molecule has 0 bridgehead atoms. The summed E-state index contributed by atoms with van der Waals surface area (Å²) in [5.41, 5.74) is 9.64. The molecule has 0 unspecified atom stereocenters. The van der Waals surface area contributed by atoms with Crippen molar-refractivity contribution >= 4 is 34.9 Å². The molecule has 5 aromatic rings. The number of rotatable bonds is 5. The number of carbonyl (C=O) groups is 1. The van der Waals surface area contributed by atoms with Gasteiger partial charge in [0.05, 0.1) is 34.0 Å². The van der Waals surface area contributed by atoms with Crippen LogP contribution in [0.4, 0.5) is 36.2 Å². The lowest BCUT2D eigenvalue weighted by Crippen LogP contribution is -2.05. The maximum absolute atomic E-state index is 13.0. The molecular formula is C29H30F3N7O. The van der Waals surface area contributed by atoms with Gasteiger partial charge in [0.1, 0.15) is 11.9 Å². The van der Waals surface area contributed by atoms with E-state index in [0.29, 0.717) is 34.3 Å². The van der Waals surface area contributed by atoms with Crippen molar-refractivity contribution in [3.8, 4) is 11.4 Å². The van der Waals surface area contributed by atoms with Gasteiger partial charge in [-0.15, -0.1) is 0 Å². The Bertz CT molecular complexity index is 1560. The quantitative estimate of drug-likeness (QED) is 0.160. The number of para-hydroxylation sites is 2. The summed E-state index contributed by atoms with van der Waals surface area (Å²) in [7, 11) is 1.85. The summed E-state index contributed by atoms with van der Waals surface area (Å²) in [6, 6.07) is 18.1. The molecule has 0 radical (unpaired) electrons. The number of fused-ring (bicyclic) bond motifs is 1. The number of imidazole rings is 1. The van der Waals surface area contributed by atoms with E-state index in [0.717, 1.165) is 29.8 Å². The van der Waals surface area contributed by atoms with Crippen molar-refractivity contribution in [2.45, 2.75) is 26.9 Å². The Hall–Kier alpha value is -4.93. The Morgan fingerprint density at radius 1 is 0.975 bits per heavy atom. The number of anilines is 4. The summed E-state index contributed by atoms with van der Waals surface area (Å²) < 4.78 is 40.5. The number of pyridine rings is 1. The molecule has 3 heterocycles. The molecular weight excluding hydrogens is 519 g/mol. The second-order valence-corrected chi connectivity index (χ2v) is 8.15. The number of nitrogen functional groups attached to an aromatic ring is 1. The number of hydrogen-bond donors (Lipinski definition) is 3. The molecule has 0 aliphatic heterocycles. The van der Waals surface area contributed by atoms with Crippen LogP contribution < -0.4 is 16.4 Å². The standard InChI is InChI=1S/C20H14F3N5O.C7H10N2.C2H6/c1-12-18(28-9-7-14(20(21,22)23)10-17(28)25-12)16-6-8-24-19(27-16)26-15-4-2-13(11-29)3-5-15;1-9-7-5-3-2-4-6(7)8;1-2/h2-11H,1H3,(H,24,26,27);2-5,9H,8H2,1H3;1-2H3. The number of aryl methyl sites for hydroxylation is 1. The first kappa shape index (κ1) is 29.6.